The molecule has 0 fully saturated rings. The number of hydrogen-bond acceptors (Lipinski definition) is 1. The van der Waals surface area contributed by atoms with Gasteiger partial charge in [-0.1, -0.05) is 196 Å². The number of hydrogen-bond donors (Lipinski definition) is 0. The van der Waals surface area contributed by atoms with Crippen molar-refractivity contribution in [2.24, 2.45) is 0 Å². The second kappa shape index (κ2) is 15.7. The molecule has 310 valence electrons. The van der Waals surface area contributed by atoms with Crippen molar-refractivity contribution in [1.82, 2.24) is 4.57 Å². The van der Waals surface area contributed by atoms with Gasteiger partial charge in [-0.3, -0.25) is 0 Å². The number of fused-ring (bicyclic) bond motifs is 6. The third-order valence-electron chi connectivity index (χ3n) is 13.9. The maximum absolute atomic E-state index is 2.52. The van der Waals surface area contributed by atoms with E-state index >= 15 is 0 Å². The molecule has 0 saturated carbocycles. The summed E-state index contributed by atoms with van der Waals surface area (Å²) >= 11 is 0. The largest absolute Gasteiger partial charge is 0.310 e. The molecule has 0 saturated heterocycles. The van der Waals surface area contributed by atoms with Crippen molar-refractivity contribution in [1.29, 1.82) is 0 Å². The van der Waals surface area contributed by atoms with Crippen LogP contribution in [0.5, 0.6) is 0 Å². The summed E-state index contributed by atoms with van der Waals surface area (Å²) in [6.07, 6.45) is 8.03. The van der Waals surface area contributed by atoms with Crippen molar-refractivity contribution in [2.75, 3.05) is 4.90 Å². The molecule has 2 aliphatic carbocycles. The van der Waals surface area contributed by atoms with E-state index in [0.717, 1.165) is 23.5 Å². The Kier molecular flexibility index (Phi) is 9.35. The van der Waals surface area contributed by atoms with E-state index < -0.39 is 0 Å². The predicted molar refractivity (Wildman–Crippen MR) is 275 cm³/mol. The van der Waals surface area contributed by atoms with Crippen LogP contribution < -0.4 is 4.90 Å². The molecule has 65 heavy (non-hydrogen) atoms. The average molecular weight is 833 g/mol. The van der Waals surface area contributed by atoms with Crippen LogP contribution in [0.3, 0.4) is 0 Å². The van der Waals surface area contributed by atoms with E-state index in [-0.39, 0.29) is 5.41 Å². The molecule has 0 aliphatic heterocycles. The first-order valence-electron chi connectivity index (χ1n) is 22.9. The van der Waals surface area contributed by atoms with Crippen molar-refractivity contribution >= 4 is 44.4 Å². The summed E-state index contributed by atoms with van der Waals surface area (Å²) < 4.78 is 2.52. The van der Waals surface area contributed by atoms with Crippen LogP contribution in [-0.4, -0.2) is 4.57 Å². The molecule has 9 aromatic carbocycles. The van der Waals surface area contributed by atoms with Gasteiger partial charge in [-0.05, 0) is 117 Å². The minimum atomic E-state index is -0.146. The zero-order valence-electron chi connectivity index (χ0n) is 36.7. The number of allylic oxidation sites excluding steroid dienone is 4. The van der Waals surface area contributed by atoms with E-state index in [1.54, 1.807) is 0 Å². The monoisotopic (exact) mass is 832 g/mol. The van der Waals surface area contributed by atoms with Crippen molar-refractivity contribution in [3.8, 4) is 39.1 Å². The van der Waals surface area contributed by atoms with E-state index in [4.69, 9.17) is 0 Å². The molecule has 0 amide bonds. The second-order valence-corrected chi connectivity index (χ2v) is 18.0. The SMILES string of the molecule is CC1(C)c2ccccc2-c2cccc(-n3c4ccccc4c4c(-c5cccc(-c6ccccc6N(c6ccccc6)c6ccc(C7=CCC(c8ccccc8)C=C7)cc6)c5)cccc43)c21. The van der Waals surface area contributed by atoms with E-state index in [1.165, 1.54) is 88.7 Å². The van der Waals surface area contributed by atoms with Gasteiger partial charge >= 0.3 is 0 Å². The molecular weight excluding hydrogens is 785 g/mol. The first-order valence-corrected chi connectivity index (χ1v) is 22.9. The van der Waals surface area contributed by atoms with Gasteiger partial charge in [0, 0.05) is 39.0 Å². The maximum atomic E-state index is 2.52. The molecule has 2 heteroatoms. The smallest absolute Gasteiger partial charge is 0.0547 e. The number of benzene rings is 9. The minimum Gasteiger partial charge on any atom is -0.310 e. The van der Waals surface area contributed by atoms with Crippen LogP contribution in [0.25, 0.3) is 66.4 Å². The molecule has 2 aliphatic rings. The van der Waals surface area contributed by atoms with Crippen molar-refractivity contribution in [3.05, 3.63) is 259 Å². The standard InChI is InChI=1S/C63H48N2/c1-63(2)56-29-12-9-25-53(56)54-28-17-33-60(62(54)63)65-58-31-14-11-26-55(58)61-52(27-16-32-59(61)65)48-21-15-20-47(42-48)51-24-10-13-30-57(51)64(49-22-7-4-8-23-49)50-40-38-46(39-41-50)45-36-34-44(35-37-45)43-18-5-3-6-19-43/h3-34,36-42,44H,35H2,1-2H3. The fourth-order valence-electron chi connectivity index (χ4n) is 10.9. The Morgan fingerprint density at radius 3 is 1.91 bits per heavy atom. The summed E-state index contributed by atoms with van der Waals surface area (Å²) in [5, 5.41) is 2.52. The first kappa shape index (κ1) is 38.7. The highest BCUT2D eigenvalue weighted by Gasteiger charge is 2.38. The highest BCUT2D eigenvalue weighted by atomic mass is 15.1. The molecule has 2 nitrogen and oxygen atoms in total. The molecule has 0 radical (unpaired) electrons. The number of para-hydroxylation sites is 3. The zero-order valence-corrected chi connectivity index (χ0v) is 36.7. The number of rotatable bonds is 8. The van der Waals surface area contributed by atoms with E-state index in [9.17, 15) is 0 Å². The molecule has 0 bridgehead atoms. The Morgan fingerprint density at radius 2 is 1.11 bits per heavy atom. The second-order valence-electron chi connectivity index (χ2n) is 18.0. The fourth-order valence-corrected chi connectivity index (χ4v) is 10.9. The van der Waals surface area contributed by atoms with Crippen molar-refractivity contribution in [3.63, 3.8) is 0 Å². The quantitative estimate of drug-likeness (QED) is 0.148. The Morgan fingerprint density at radius 1 is 0.492 bits per heavy atom. The fraction of sp³-hybridized carbons (Fsp3) is 0.0794. The van der Waals surface area contributed by atoms with E-state index in [1.807, 2.05) is 0 Å². The van der Waals surface area contributed by atoms with Crippen LogP contribution in [-0.2, 0) is 5.41 Å². The Balaban J connectivity index is 0.947. The summed E-state index contributed by atoms with van der Waals surface area (Å²) in [5.41, 5.74) is 20.9. The highest BCUT2D eigenvalue weighted by Crippen LogP contribution is 2.52. The lowest BCUT2D eigenvalue weighted by molar-refractivity contribution is 0.656. The van der Waals surface area contributed by atoms with E-state index in [0.29, 0.717) is 5.92 Å². The third kappa shape index (κ3) is 6.48. The van der Waals surface area contributed by atoms with Crippen LogP contribution in [0.2, 0.25) is 0 Å². The van der Waals surface area contributed by atoms with Gasteiger partial charge in [-0.2, -0.15) is 0 Å². The molecule has 12 rings (SSSR count). The summed E-state index contributed by atoms with van der Waals surface area (Å²) in [7, 11) is 0. The van der Waals surface area contributed by atoms with E-state index in [2.05, 4.69) is 260 Å². The number of nitrogens with zero attached hydrogens (tertiary/aromatic N) is 2. The van der Waals surface area contributed by atoms with Gasteiger partial charge in [0.2, 0.25) is 0 Å². The normalized spacial score (nSPS) is 14.9. The lowest BCUT2D eigenvalue weighted by atomic mass is 9.81. The third-order valence-corrected chi connectivity index (χ3v) is 13.9. The minimum absolute atomic E-state index is 0.146. The Hall–Kier alpha value is -7.94. The lowest BCUT2D eigenvalue weighted by Crippen LogP contribution is -2.17. The van der Waals surface area contributed by atoms with Gasteiger partial charge in [0.15, 0.2) is 0 Å². The van der Waals surface area contributed by atoms with Gasteiger partial charge in [0.1, 0.15) is 0 Å². The van der Waals surface area contributed by atoms with Crippen LogP contribution in [0.4, 0.5) is 17.1 Å². The number of anilines is 3. The highest BCUT2D eigenvalue weighted by molar-refractivity contribution is 6.16. The molecule has 1 heterocycles. The Labute approximate surface area is 381 Å². The lowest BCUT2D eigenvalue weighted by Gasteiger charge is -2.28. The van der Waals surface area contributed by atoms with Crippen LogP contribution in [0.15, 0.2) is 237 Å². The molecule has 1 atom stereocenters. The van der Waals surface area contributed by atoms with Crippen LogP contribution in [0, 0.1) is 0 Å². The molecule has 10 aromatic rings. The topological polar surface area (TPSA) is 8.17 Å². The van der Waals surface area contributed by atoms with Gasteiger partial charge in [-0.15, -0.1) is 0 Å². The molecule has 0 spiro atoms. The van der Waals surface area contributed by atoms with Crippen LogP contribution in [0.1, 0.15) is 48.4 Å². The van der Waals surface area contributed by atoms with Crippen molar-refractivity contribution in [2.45, 2.75) is 31.6 Å². The predicted octanol–water partition coefficient (Wildman–Crippen LogP) is 17.0. The molecule has 1 unspecified atom stereocenters. The summed E-state index contributed by atoms with van der Waals surface area (Å²) in [4.78, 5) is 2.40. The van der Waals surface area contributed by atoms with Crippen LogP contribution >= 0.6 is 0 Å². The van der Waals surface area contributed by atoms with Gasteiger partial charge in [-0.25, -0.2) is 0 Å². The molecular formula is C63H48N2. The Bertz CT molecular complexity index is 3480. The van der Waals surface area contributed by atoms with Gasteiger partial charge in [0.05, 0.1) is 22.4 Å². The summed E-state index contributed by atoms with van der Waals surface area (Å²) in [6, 6.07) is 80.2. The molecule has 1 aromatic heterocycles. The summed E-state index contributed by atoms with van der Waals surface area (Å²) in [6.45, 7) is 4.76. The number of aromatic nitrogens is 1. The summed E-state index contributed by atoms with van der Waals surface area (Å²) in [5.74, 6) is 0.414. The van der Waals surface area contributed by atoms with Gasteiger partial charge in [0.25, 0.3) is 0 Å². The van der Waals surface area contributed by atoms with Crippen molar-refractivity contribution < 1.29 is 0 Å². The zero-order chi connectivity index (χ0) is 43.5. The maximum Gasteiger partial charge on any atom is 0.0547 e. The van der Waals surface area contributed by atoms with Gasteiger partial charge < -0.3 is 9.47 Å². The average Bonchev–Trinajstić information content (AvgIpc) is 3.84. The molecule has 0 N–H and O–H groups in total. The first-order chi connectivity index (χ1) is 32.0.